The van der Waals surface area contributed by atoms with E-state index in [0.717, 1.165) is 5.92 Å². The Balaban J connectivity index is 0. The third-order valence-electron chi connectivity index (χ3n) is 2.25. The van der Waals surface area contributed by atoms with Crippen LogP contribution in [0, 0.1) is 5.92 Å². The lowest BCUT2D eigenvalue weighted by atomic mass is 9.91. The molecule has 2 heteroatoms. The molecule has 0 spiro atoms. The molecule has 0 aromatic carbocycles. The summed E-state index contributed by atoms with van der Waals surface area (Å²) in [5.74, 6) is 1.04. The Kier molecular flexibility index (Phi) is 12.8. The van der Waals surface area contributed by atoms with Gasteiger partial charge in [-0.1, -0.05) is 64.8 Å². The summed E-state index contributed by atoms with van der Waals surface area (Å²) in [7, 11) is 0. The predicted molar refractivity (Wildman–Crippen MR) is 75.1 cm³/mol. The van der Waals surface area contributed by atoms with E-state index in [9.17, 15) is 0 Å². The molecule has 0 radical (unpaired) electrons. The lowest BCUT2D eigenvalue weighted by molar-refractivity contribution is 0.385. The highest BCUT2D eigenvalue weighted by atomic mass is 32.2. The van der Waals surface area contributed by atoms with Gasteiger partial charge in [0.1, 0.15) is 0 Å². The van der Waals surface area contributed by atoms with Crippen molar-refractivity contribution in [2.24, 2.45) is 11.1 Å². The van der Waals surface area contributed by atoms with E-state index in [2.05, 4.69) is 27.7 Å². The summed E-state index contributed by atoms with van der Waals surface area (Å²) in [4.78, 5) is 0. The molecule has 1 aliphatic carbocycles. The van der Waals surface area contributed by atoms with Crippen molar-refractivity contribution >= 4 is 11.9 Å². The minimum Gasteiger partial charge on any atom is -0.277 e. The van der Waals surface area contributed by atoms with Crippen LogP contribution in [0.1, 0.15) is 73.6 Å². The van der Waals surface area contributed by atoms with E-state index in [0.29, 0.717) is 0 Å². The Labute approximate surface area is 102 Å². The van der Waals surface area contributed by atoms with E-state index in [1.165, 1.54) is 44.1 Å². The Morgan fingerprint density at radius 2 is 1.33 bits per heavy atom. The van der Waals surface area contributed by atoms with Crippen LogP contribution in [0.2, 0.25) is 0 Å². The average molecular weight is 233 g/mol. The molecule has 0 aliphatic heterocycles. The monoisotopic (exact) mass is 233 g/mol. The minimum absolute atomic E-state index is 0.236. The molecule has 1 fully saturated rings. The molecule has 0 unspecified atom stereocenters. The second kappa shape index (κ2) is 10.8. The summed E-state index contributed by atoms with van der Waals surface area (Å²) in [6.07, 6.45) is 7.44. The van der Waals surface area contributed by atoms with Crippen LogP contribution in [0.5, 0.6) is 0 Å². The highest BCUT2D eigenvalue weighted by molar-refractivity contribution is 7.98. The quantitative estimate of drug-likeness (QED) is 0.596. The Morgan fingerprint density at radius 3 is 1.47 bits per heavy atom. The molecule has 0 saturated heterocycles. The van der Waals surface area contributed by atoms with Gasteiger partial charge < -0.3 is 0 Å². The first-order valence-electron chi connectivity index (χ1n) is 6.33. The van der Waals surface area contributed by atoms with Crippen LogP contribution in [-0.4, -0.2) is 4.75 Å². The van der Waals surface area contributed by atoms with E-state index in [1.807, 2.05) is 13.8 Å². The third kappa shape index (κ3) is 17.0. The van der Waals surface area contributed by atoms with Crippen molar-refractivity contribution in [3.05, 3.63) is 0 Å². The first-order chi connectivity index (χ1) is 6.95. The van der Waals surface area contributed by atoms with Crippen molar-refractivity contribution in [1.29, 1.82) is 0 Å². The third-order valence-corrected chi connectivity index (χ3v) is 2.95. The number of hydrogen-bond acceptors (Lipinski definition) is 2. The number of rotatable bonds is 0. The molecule has 94 valence electrons. The van der Waals surface area contributed by atoms with Gasteiger partial charge >= 0.3 is 0 Å². The van der Waals surface area contributed by atoms with Crippen molar-refractivity contribution in [3.63, 3.8) is 0 Å². The fourth-order valence-electron chi connectivity index (χ4n) is 1.31. The summed E-state index contributed by atoms with van der Waals surface area (Å²) in [6, 6.07) is 0. The Hall–Kier alpha value is 0.310. The minimum atomic E-state index is 0.236. The van der Waals surface area contributed by atoms with Crippen LogP contribution in [0.15, 0.2) is 0 Å². The van der Waals surface area contributed by atoms with Crippen LogP contribution < -0.4 is 5.14 Å². The maximum Gasteiger partial charge on any atom is 0.0218 e. The van der Waals surface area contributed by atoms with E-state index >= 15 is 0 Å². The van der Waals surface area contributed by atoms with E-state index < -0.39 is 0 Å². The van der Waals surface area contributed by atoms with Crippen LogP contribution in [0.4, 0.5) is 0 Å². The van der Waals surface area contributed by atoms with Gasteiger partial charge in [0.15, 0.2) is 0 Å². The molecule has 2 N–H and O–H groups in total. The smallest absolute Gasteiger partial charge is 0.0218 e. The van der Waals surface area contributed by atoms with Gasteiger partial charge in [0.2, 0.25) is 0 Å². The Bertz CT molecular complexity index is 112. The van der Waals surface area contributed by atoms with Gasteiger partial charge in [0.25, 0.3) is 0 Å². The zero-order valence-electron chi connectivity index (χ0n) is 11.6. The van der Waals surface area contributed by atoms with E-state index in [1.54, 1.807) is 0 Å². The van der Waals surface area contributed by atoms with Crippen molar-refractivity contribution < 1.29 is 0 Å². The molecular formula is C13H31NS. The normalized spacial score (nSPS) is 17.0. The molecule has 0 atom stereocenters. The van der Waals surface area contributed by atoms with Crippen molar-refractivity contribution in [3.8, 4) is 0 Å². The van der Waals surface area contributed by atoms with Crippen LogP contribution in [0.3, 0.4) is 0 Å². The van der Waals surface area contributed by atoms with Gasteiger partial charge in [-0.05, 0) is 26.7 Å². The molecule has 0 aromatic rings. The lowest BCUT2D eigenvalue weighted by Crippen LogP contribution is -2.09. The fraction of sp³-hybridized carbons (Fsp3) is 1.00. The van der Waals surface area contributed by atoms with E-state index in [4.69, 9.17) is 5.14 Å². The molecular weight excluding hydrogens is 202 g/mol. The molecule has 0 aromatic heterocycles. The summed E-state index contributed by atoms with van der Waals surface area (Å²) < 4.78 is 0.236. The molecule has 0 amide bonds. The maximum atomic E-state index is 5.22. The van der Waals surface area contributed by atoms with Gasteiger partial charge in [-0.2, -0.15) is 0 Å². The van der Waals surface area contributed by atoms with Gasteiger partial charge in [-0.15, -0.1) is 0 Å². The Morgan fingerprint density at radius 1 is 1.00 bits per heavy atom. The molecule has 1 nitrogen and oxygen atoms in total. The first kappa shape index (κ1) is 17.7. The van der Waals surface area contributed by atoms with Crippen molar-refractivity contribution in [1.82, 2.24) is 0 Å². The maximum absolute atomic E-state index is 5.22. The summed E-state index contributed by atoms with van der Waals surface area (Å²) in [6.45, 7) is 12.6. The zero-order chi connectivity index (χ0) is 12.3. The summed E-state index contributed by atoms with van der Waals surface area (Å²) in [5, 5.41) is 5.22. The van der Waals surface area contributed by atoms with Crippen molar-refractivity contribution in [2.45, 2.75) is 78.4 Å². The highest BCUT2D eigenvalue weighted by Gasteiger charge is 2.06. The predicted octanol–water partition coefficient (Wildman–Crippen LogP) is 5.00. The second-order valence-electron chi connectivity index (χ2n) is 4.97. The molecule has 1 rings (SSSR count). The molecule has 1 aliphatic rings. The number of nitrogens with two attached hydrogens (primary N) is 1. The van der Waals surface area contributed by atoms with Crippen molar-refractivity contribution in [2.75, 3.05) is 0 Å². The average Bonchev–Trinajstić information content (AvgIpc) is 2.22. The number of hydrogen-bond donors (Lipinski definition) is 1. The zero-order valence-corrected chi connectivity index (χ0v) is 12.4. The van der Waals surface area contributed by atoms with Crippen LogP contribution in [-0.2, 0) is 0 Å². The van der Waals surface area contributed by atoms with Gasteiger partial charge in [0.05, 0.1) is 0 Å². The summed E-state index contributed by atoms with van der Waals surface area (Å²) >= 11 is 1.38. The molecule has 1 saturated carbocycles. The first-order valence-corrected chi connectivity index (χ1v) is 7.21. The summed E-state index contributed by atoms with van der Waals surface area (Å²) in [5.41, 5.74) is 0. The lowest BCUT2D eigenvalue weighted by Gasteiger charge is -2.15. The molecule has 0 bridgehead atoms. The van der Waals surface area contributed by atoms with Gasteiger partial charge in [-0.3, -0.25) is 5.14 Å². The van der Waals surface area contributed by atoms with Crippen LogP contribution in [0.25, 0.3) is 0 Å². The van der Waals surface area contributed by atoms with Gasteiger partial charge in [0, 0.05) is 4.75 Å². The van der Waals surface area contributed by atoms with E-state index in [-0.39, 0.29) is 4.75 Å². The fourth-order valence-corrected chi connectivity index (χ4v) is 1.31. The second-order valence-corrected chi connectivity index (χ2v) is 6.43. The molecule has 15 heavy (non-hydrogen) atoms. The SMILES string of the molecule is CC.CC(C)(C)SN.CC1CCCCC1. The topological polar surface area (TPSA) is 26.0 Å². The van der Waals surface area contributed by atoms with Gasteiger partial charge in [-0.25, -0.2) is 0 Å². The standard InChI is InChI=1S/C7H14.C4H11NS.C2H6/c1-7-5-3-2-4-6-7;1-4(2,3)6-5;1-2/h7H,2-6H2,1H3;5H2,1-3H3;1-2H3. The largest absolute Gasteiger partial charge is 0.277 e. The van der Waals surface area contributed by atoms with Crippen LogP contribution >= 0.6 is 11.9 Å². The molecule has 0 heterocycles. The highest BCUT2D eigenvalue weighted by Crippen LogP contribution is 2.22.